The fourth-order valence-electron chi connectivity index (χ4n) is 6.06. The van der Waals surface area contributed by atoms with Crippen LogP contribution in [0.2, 0.25) is 0 Å². The van der Waals surface area contributed by atoms with Crippen molar-refractivity contribution in [2.45, 2.75) is 156 Å². The van der Waals surface area contributed by atoms with Crippen molar-refractivity contribution < 1.29 is 0 Å². The number of benzene rings is 2. The van der Waals surface area contributed by atoms with E-state index in [-0.39, 0.29) is 0 Å². The third-order valence-corrected chi connectivity index (χ3v) is 8.87. The number of rotatable bonds is 27. The Labute approximate surface area is 262 Å². The molecule has 0 N–H and O–H groups in total. The molecule has 0 aromatic heterocycles. The van der Waals surface area contributed by atoms with Gasteiger partial charge in [0, 0.05) is 13.1 Å². The predicted octanol–water partition coefficient (Wildman–Crippen LogP) is 12.1. The molecule has 0 spiro atoms. The average Bonchev–Trinajstić information content (AvgIpc) is 3.01. The maximum Gasteiger partial charge on any atom is 0.0233 e. The normalized spacial score (nSPS) is 11.7. The predicted molar refractivity (Wildman–Crippen MR) is 188 cm³/mol. The van der Waals surface area contributed by atoms with E-state index in [1.165, 1.54) is 164 Å². The van der Waals surface area contributed by atoms with Gasteiger partial charge >= 0.3 is 0 Å². The molecule has 0 amide bonds. The van der Waals surface area contributed by atoms with Crippen LogP contribution >= 0.6 is 0 Å². The van der Waals surface area contributed by atoms with Gasteiger partial charge in [-0.25, -0.2) is 0 Å². The van der Waals surface area contributed by atoms with Crippen LogP contribution in [0.5, 0.6) is 0 Å². The minimum Gasteiger partial charge on any atom is -0.299 e. The maximum atomic E-state index is 2.71. The van der Waals surface area contributed by atoms with Crippen molar-refractivity contribution in [3.05, 3.63) is 59.7 Å². The molecule has 0 bridgehead atoms. The number of nitrogens with zero attached hydrogens (tertiary/aromatic N) is 2. The minimum absolute atomic E-state index is 1.09. The van der Waals surface area contributed by atoms with E-state index in [2.05, 4.69) is 86.0 Å². The van der Waals surface area contributed by atoms with Crippen LogP contribution < -0.4 is 0 Å². The van der Waals surface area contributed by atoms with Gasteiger partial charge in [0.15, 0.2) is 0 Å². The van der Waals surface area contributed by atoms with Gasteiger partial charge in [0.25, 0.3) is 0 Å². The lowest BCUT2D eigenvalue weighted by atomic mass is 10.0. The highest BCUT2D eigenvalue weighted by atomic mass is 15.1. The third kappa shape index (κ3) is 16.9. The largest absolute Gasteiger partial charge is 0.299 e. The highest BCUT2D eigenvalue weighted by Crippen LogP contribution is 2.22. The van der Waals surface area contributed by atoms with Crippen LogP contribution in [0.3, 0.4) is 0 Å². The number of hydrogen-bond acceptors (Lipinski definition) is 2. The van der Waals surface area contributed by atoms with E-state index in [1.807, 2.05) is 0 Å². The summed E-state index contributed by atoms with van der Waals surface area (Å²) in [5.74, 6) is 0. The summed E-state index contributed by atoms with van der Waals surface area (Å²) in [6.45, 7) is 16.4. The van der Waals surface area contributed by atoms with Crippen molar-refractivity contribution in [1.29, 1.82) is 0 Å². The molecule has 2 aromatic rings. The van der Waals surface area contributed by atoms with Crippen LogP contribution in [-0.2, 0) is 13.1 Å². The fraction of sp³-hybridized carbons (Fsp3) is 0.700. The molecule has 0 aliphatic carbocycles. The summed E-state index contributed by atoms with van der Waals surface area (Å²) >= 11 is 0. The van der Waals surface area contributed by atoms with Crippen molar-refractivity contribution in [3.63, 3.8) is 0 Å². The van der Waals surface area contributed by atoms with Crippen LogP contribution in [0.1, 0.15) is 154 Å². The third-order valence-electron chi connectivity index (χ3n) is 8.87. The van der Waals surface area contributed by atoms with Crippen LogP contribution in [-0.4, -0.2) is 36.0 Å². The van der Waals surface area contributed by atoms with Gasteiger partial charge in [-0.3, -0.25) is 9.80 Å². The Morgan fingerprint density at radius 2 is 0.595 bits per heavy atom. The Morgan fingerprint density at radius 1 is 0.333 bits per heavy atom. The highest BCUT2D eigenvalue weighted by Gasteiger charge is 2.09. The van der Waals surface area contributed by atoms with Gasteiger partial charge in [0.1, 0.15) is 0 Å². The SMILES string of the molecule is CCCCCCCCN(CCCCC)Cc1ccc(-c2ccc(CN(CCCCC)CCCCCCCC)cc2)cc1. The Kier molecular flexibility index (Phi) is 21.6. The van der Waals surface area contributed by atoms with E-state index in [0.29, 0.717) is 0 Å². The summed E-state index contributed by atoms with van der Waals surface area (Å²) in [5.41, 5.74) is 5.59. The lowest BCUT2D eigenvalue weighted by molar-refractivity contribution is 0.253. The van der Waals surface area contributed by atoms with Gasteiger partial charge in [-0.15, -0.1) is 0 Å². The molecule has 2 aromatic carbocycles. The molecule has 0 unspecified atom stereocenters. The van der Waals surface area contributed by atoms with Crippen molar-refractivity contribution in [2.24, 2.45) is 0 Å². The summed E-state index contributed by atoms with van der Waals surface area (Å²) in [6.07, 6.45) is 24.5. The monoisotopic (exact) mass is 577 g/mol. The van der Waals surface area contributed by atoms with E-state index in [9.17, 15) is 0 Å². The first-order chi connectivity index (χ1) is 20.7. The van der Waals surface area contributed by atoms with Crippen molar-refractivity contribution >= 4 is 0 Å². The highest BCUT2D eigenvalue weighted by molar-refractivity contribution is 5.64. The molecule has 0 heterocycles. The number of hydrogen-bond donors (Lipinski definition) is 0. The van der Waals surface area contributed by atoms with Crippen LogP contribution in [0.25, 0.3) is 11.1 Å². The molecular weight excluding hydrogens is 508 g/mol. The molecule has 0 saturated carbocycles. The Hall–Kier alpha value is -1.64. The summed E-state index contributed by atoms with van der Waals surface area (Å²) < 4.78 is 0. The van der Waals surface area contributed by atoms with Crippen molar-refractivity contribution in [1.82, 2.24) is 9.80 Å². The summed E-state index contributed by atoms with van der Waals surface area (Å²) in [5, 5.41) is 0. The first-order valence-electron chi connectivity index (χ1n) is 18.3. The van der Waals surface area contributed by atoms with E-state index in [4.69, 9.17) is 0 Å². The zero-order valence-corrected chi connectivity index (χ0v) is 28.5. The fourth-order valence-corrected chi connectivity index (χ4v) is 6.06. The molecule has 2 heteroatoms. The summed E-state index contributed by atoms with van der Waals surface area (Å²) in [6, 6.07) is 18.8. The Balaban J connectivity index is 1.89. The first kappa shape index (κ1) is 36.6. The lowest BCUT2D eigenvalue weighted by Crippen LogP contribution is -2.25. The smallest absolute Gasteiger partial charge is 0.0233 e. The molecule has 0 atom stereocenters. The topological polar surface area (TPSA) is 6.48 Å². The second kappa shape index (κ2) is 24.8. The van der Waals surface area contributed by atoms with E-state index >= 15 is 0 Å². The minimum atomic E-state index is 1.09. The average molecular weight is 577 g/mol. The standard InChI is InChI=1S/C40H68N2/c1-5-9-13-15-17-21-33-41(31-19-11-7-3)35-37-23-27-39(28-24-37)40-29-25-38(26-30-40)36-42(32-20-12-8-4)34-22-18-16-14-10-6-2/h23-30H,5-22,31-36H2,1-4H3. The zero-order valence-electron chi connectivity index (χ0n) is 28.5. The maximum absolute atomic E-state index is 2.71. The number of unbranched alkanes of at least 4 members (excludes halogenated alkanes) is 14. The molecule has 2 rings (SSSR count). The van der Waals surface area contributed by atoms with Gasteiger partial charge in [-0.1, -0.05) is 166 Å². The molecule has 0 aliphatic rings. The van der Waals surface area contributed by atoms with E-state index in [0.717, 1.165) is 13.1 Å². The van der Waals surface area contributed by atoms with Gasteiger partial charge in [-0.05, 0) is 74.1 Å². The zero-order chi connectivity index (χ0) is 30.1. The van der Waals surface area contributed by atoms with Crippen LogP contribution in [0.15, 0.2) is 48.5 Å². The quantitative estimate of drug-likeness (QED) is 0.0976. The van der Waals surface area contributed by atoms with Crippen molar-refractivity contribution in [3.8, 4) is 11.1 Å². The van der Waals surface area contributed by atoms with Gasteiger partial charge in [0.2, 0.25) is 0 Å². The lowest BCUT2D eigenvalue weighted by Gasteiger charge is -2.23. The first-order valence-corrected chi connectivity index (χ1v) is 18.3. The van der Waals surface area contributed by atoms with Crippen LogP contribution in [0.4, 0.5) is 0 Å². The second-order valence-electron chi connectivity index (χ2n) is 12.9. The van der Waals surface area contributed by atoms with Crippen LogP contribution in [0, 0.1) is 0 Å². The molecule has 2 nitrogen and oxygen atoms in total. The van der Waals surface area contributed by atoms with Gasteiger partial charge in [-0.2, -0.15) is 0 Å². The molecule has 238 valence electrons. The van der Waals surface area contributed by atoms with E-state index < -0.39 is 0 Å². The summed E-state index contributed by atoms with van der Waals surface area (Å²) in [7, 11) is 0. The van der Waals surface area contributed by atoms with Gasteiger partial charge < -0.3 is 0 Å². The molecule has 0 aliphatic heterocycles. The Bertz CT molecular complexity index is 783. The molecular formula is C40H68N2. The Morgan fingerprint density at radius 3 is 0.929 bits per heavy atom. The molecule has 42 heavy (non-hydrogen) atoms. The molecule has 0 radical (unpaired) electrons. The second-order valence-corrected chi connectivity index (χ2v) is 12.9. The van der Waals surface area contributed by atoms with Gasteiger partial charge in [0.05, 0.1) is 0 Å². The van der Waals surface area contributed by atoms with Crippen molar-refractivity contribution in [2.75, 3.05) is 26.2 Å². The molecule has 0 saturated heterocycles. The van der Waals surface area contributed by atoms with E-state index in [1.54, 1.807) is 0 Å². The molecule has 0 fully saturated rings. The summed E-state index contributed by atoms with van der Waals surface area (Å²) in [4.78, 5) is 5.41.